The van der Waals surface area contributed by atoms with E-state index in [2.05, 4.69) is 0 Å². The Morgan fingerprint density at radius 2 is 2.11 bits per heavy atom. The van der Waals surface area contributed by atoms with Gasteiger partial charge in [-0.1, -0.05) is 30.1 Å². The fraction of sp³-hybridized carbons (Fsp3) is 0.636. The van der Waals surface area contributed by atoms with Crippen LogP contribution < -0.4 is 0 Å². The van der Waals surface area contributed by atoms with Gasteiger partial charge >= 0.3 is 0 Å². The molecule has 1 saturated carbocycles. The van der Waals surface area contributed by atoms with E-state index in [1.807, 2.05) is 6.92 Å². The van der Waals surface area contributed by atoms with Crippen LogP contribution in [0.5, 0.6) is 0 Å². The molecule has 0 aliphatic heterocycles. The molecular weight excluding hydrogens is 313 g/mol. The Bertz CT molecular complexity index is 523. The van der Waals surface area contributed by atoms with E-state index >= 15 is 0 Å². The molecule has 0 unspecified atom stereocenters. The van der Waals surface area contributed by atoms with E-state index in [-0.39, 0.29) is 9.23 Å². The monoisotopic (exact) mass is 327 g/mol. The first-order valence-electron chi connectivity index (χ1n) is 5.90. The first kappa shape index (κ1) is 14.6. The summed E-state index contributed by atoms with van der Waals surface area (Å²) in [7, 11) is -3.50. The second-order valence-corrected chi connectivity index (χ2v) is 8.69. The summed E-state index contributed by atoms with van der Waals surface area (Å²) in [5.41, 5.74) is 0. The average Bonchev–Trinajstić information content (AvgIpc) is 3.02. The predicted molar refractivity (Wildman–Crippen MR) is 76.1 cm³/mol. The van der Waals surface area contributed by atoms with Crippen molar-refractivity contribution in [2.75, 3.05) is 13.1 Å². The Hall–Kier alpha value is 0.190. The van der Waals surface area contributed by atoms with Gasteiger partial charge in [0.2, 0.25) is 10.0 Å². The fourth-order valence-corrected chi connectivity index (χ4v) is 5.51. The van der Waals surface area contributed by atoms with Gasteiger partial charge in [0, 0.05) is 13.1 Å². The van der Waals surface area contributed by atoms with Crippen molar-refractivity contribution in [3.63, 3.8) is 0 Å². The lowest BCUT2D eigenvalue weighted by molar-refractivity contribution is 0.396. The zero-order chi connectivity index (χ0) is 13.3. The predicted octanol–water partition coefficient (Wildman–Crippen LogP) is 3.87. The normalized spacial score (nSPS) is 16.4. The third kappa shape index (κ3) is 3.20. The summed E-state index contributed by atoms with van der Waals surface area (Å²) in [6.07, 6.45) is 3.03. The molecule has 1 aliphatic carbocycles. The van der Waals surface area contributed by atoms with Gasteiger partial charge in [0.15, 0.2) is 0 Å². The summed E-state index contributed by atoms with van der Waals surface area (Å²) >= 11 is 12.9. The van der Waals surface area contributed by atoms with E-state index in [0.29, 0.717) is 23.3 Å². The molecule has 1 aromatic heterocycles. The molecule has 1 fully saturated rings. The van der Waals surface area contributed by atoms with Crippen molar-refractivity contribution in [3.05, 3.63) is 14.7 Å². The SMILES string of the molecule is CCCN(CC1CC1)S(=O)(=O)c1cc(Cl)sc1Cl. The van der Waals surface area contributed by atoms with Gasteiger partial charge in [0.1, 0.15) is 9.23 Å². The topological polar surface area (TPSA) is 37.4 Å². The molecule has 1 aliphatic rings. The van der Waals surface area contributed by atoms with Crippen molar-refractivity contribution in [3.8, 4) is 0 Å². The molecule has 3 nitrogen and oxygen atoms in total. The number of hydrogen-bond donors (Lipinski definition) is 0. The Labute approximate surface area is 122 Å². The summed E-state index contributed by atoms with van der Waals surface area (Å²) in [6.45, 7) is 3.10. The van der Waals surface area contributed by atoms with Crippen molar-refractivity contribution in [1.29, 1.82) is 0 Å². The van der Waals surface area contributed by atoms with Crippen molar-refractivity contribution in [2.24, 2.45) is 5.92 Å². The standard InChI is InChI=1S/C11H15Cl2NO2S2/c1-2-5-14(7-8-3-4-8)18(15,16)9-6-10(12)17-11(9)13/h6,8H,2-5,7H2,1H3. The van der Waals surface area contributed by atoms with Crippen LogP contribution in [-0.4, -0.2) is 25.8 Å². The first-order chi connectivity index (χ1) is 8.45. The third-order valence-corrected chi connectivity index (χ3v) is 6.49. The summed E-state index contributed by atoms with van der Waals surface area (Å²) in [5, 5.41) is 0. The molecule has 7 heteroatoms. The van der Waals surface area contributed by atoms with Gasteiger partial charge in [-0.05, 0) is 31.2 Å². The molecule has 1 heterocycles. The lowest BCUT2D eigenvalue weighted by atomic mass is 10.4. The molecule has 2 rings (SSSR count). The van der Waals surface area contributed by atoms with Gasteiger partial charge < -0.3 is 0 Å². The zero-order valence-corrected chi connectivity index (χ0v) is 13.2. The van der Waals surface area contributed by atoms with Crippen molar-refractivity contribution in [1.82, 2.24) is 4.31 Å². The molecule has 0 bridgehead atoms. The molecule has 102 valence electrons. The highest BCUT2D eigenvalue weighted by molar-refractivity contribution is 7.89. The summed E-state index contributed by atoms with van der Waals surface area (Å²) < 4.78 is 27.2. The Morgan fingerprint density at radius 1 is 1.44 bits per heavy atom. The van der Waals surface area contributed by atoms with Gasteiger partial charge in [-0.2, -0.15) is 4.31 Å². The van der Waals surface area contributed by atoms with E-state index < -0.39 is 10.0 Å². The highest BCUT2D eigenvalue weighted by Crippen LogP contribution is 2.37. The average molecular weight is 328 g/mol. The van der Waals surface area contributed by atoms with E-state index in [9.17, 15) is 8.42 Å². The molecule has 0 aromatic carbocycles. The molecule has 0 saturated heterocycles. The Balaban J connectivity index is 2.28. The number of rotatable bonds is 6. The minimum absolute atomic E-state index is 0.147. The van der Waals surface area contributed by atoms with Crippen LogP contribution >= 0.6 is 34.5 Å². The van der Waals surface area contributed by atoms with Crippen LogP contribution in [0.3, 0.4) is 0 Å². The van der Waals surface area contributed by atoms with Gasteiger partial charge in [0.25, 0.3) is 0 Å². The van der Waals surface area contributed by atoms with Crippen molar-refractivity contribution in [2.45, 2.75) is 31.1 Å². The summed E-state index contributed by atoms with van der Waals surface area (Å²) in [5.74, 6) is 0.513. The van der Waals surface area contributed by atoms with Gasteiger partial charge in [-0.3, -0.25) is 0 Å². The van der Waals surface area contributed by atoms with Crippen LogP contribution in [-0.2, 0) is 10.0 Å². The number of nitrogens with zero attached hydrogens (tertiary/aromatic N) is 1. The van der Waals surface area contributed by atoms with Crippen molar-refractivity contribution < 1.29 is 8.42 Å². The first-order valence-corrected chi connectivity index (χ1v) is 8.91. The lowest BCUT2D eigenvalue weighted by Gasteiger charge is -2.21. The second-order valence-electron chi connectivity index (χ2n) is 4.49. The number of hydrogen-bond acceptors (Lipinski definition) is 3. The van der Waals surface area contributed by atoms with E-state index in [1.165, 1.54) is 10.4 Å². The van der Waals surface area contributed by atoms with E-state index in [1.54, 1.807) is 0 Å². The summed E-state index contributed by atoms with van der Waals surface area (Å²) in [6, 6.07) is 1.44. The fourth-order valence-electron chi connectivity index (χ4n) is 1.79. The Morgan fingerprint density at radius 3 is 2.56 bits per heavy atom. The molecule has 0 N–H and O–H groups in total. The molecule has 0 atom stereocenters. The largest absolute Gasteiger partial charge is 0.245 e. The van der Waals surface area contributed by atoms with Gasteiger partial charge in [-0.25, -0.2) is 8.42 Å². The van der Waals surface area contributed by atoms with Crippen LogP contribution in [0.4, 0.5) is 0 Å². The molecule has 0 spiro atoms. The van der Waals surface area contributed by atoms with Crippen LogP contribution in [0.2, 0.25) is 8.67 Å². The number of sulfonamides is 1. The second kappa shape index (κ2) is 5.67. The number of halogens is 2. The number of thiophene rings is 1. The third-order valence-electron chi connectivity index (χ3n) is 2.87. The minimum Gasteiger partial charge on any atom is -0.207 e. The van der Waals surface area contributed by atoms with Crippen LogP contribution in [0.1, 0.15) is 26.2 Å². The molecule has 1 aromatic rings. The maximum Gasteiger partial charge on any atom is 0.245 e. The summed E-state index contributed by atoms with van der Waals surface area (Å²) in [4.78, 5) is 0.147. The molecule has 0 amide bonds. The van der Waals surface area contributed by atoms with Crippen LogP contribution in [0.15, 0.2) is 11.0 Å². The zero-order valence-electron chi connectivity index (χ0n) is 10.0. The maximum atomic E-state index is 12.5. The minimum atomic E-state index is -3.50. The van der Waals surface area contributed by atoms with Crippen LogP contribution in [0.25, 0.3) is 0 Å². The molecular formula is C11H15Cl2NO2S2. The molecule has 0 radical (unpaired) electrons. The van der Waals surface area contributed by atoms with Gasteiger partial charge in [-0.15, -0.1) is 11.3 Å². The highest BCUT2D eigenvalue weighted by Gasteiger charge is 2.33. The quantitative estimate of drug-likeness (QED) is 0.795. The Kier molecular flexibility index (Phi) is 4.60. The highest BCUT2D eigenvalue weighted by atomic mass is 35.5. The van der Waals surface area contributed by atoms with E-state index in [4.69, 9.17) is 23.2 Å². The van der Waals surface area contributed by atoms with Crippen LogP contribution in [0, 0.1) is 5.92 Å². The maximum absolute atomic E-state index is 12.5. The smallest absolute Gasteiger partial charge is 0.207 e. The molecule has 18 heavy (non-hydrogen) atoms. The van der Waals surface area contributed by atoms with Crippen molar-refractivity contribution >= 4 is 44.6 Å². The lowest BCUT2D eigenvalue weighted by Crippen LogP contribution is -2.33. The van der Waals surface area contributed by atoms with Gasteiger partial charge in [0.05, 0.1) is 4.34 Å². The van der Waals surface area contributed by atoms with E-state index in [0.717, 1.165) is 30.6 Å².